The first-order valence-corrected chi connectivity index (χ1v) is 17.4. The third-order valence-corrected chi connectivity index (χ3v) is 8.92. The summed E-state index contributed by atoms with van der Waals surface area (Å²) in [6.07, 6.45) is 1.97. The van der Waals surface area contributed by atoms with Crippen LogP contribution in [0.2, 0.25) is 5.02 Å². The number of nitrogens with zero attached hydrogens (tertiary/aromatic N) is 6. The van der Waals surface area contributed by atoms with E-state index in [4.69, 9.17) is 25.9 Å². The van der Waals surface area contributed by atoms with E-state index in [0.717, 1.165) is 27.5 Å². The molecule has 0 N–H and O–H groups in total. The molecule has 1 aliphatic rings. The Hall–Kier alpha value is -5.10. The zero-order chi connectivity index (χ0) is 36.7. The minimum absolute atomic E-state index is 0.0361. The van der Waals surface area contributed by atoms with E-state index in [2.05, 4.69) is 14.5 Å². The Labute approximate surface area is 301 Å². The van der Waals surface area contributed by atoms with Gasteiger partial charge >= 0.3 is 17.9 Å². The van der Waals surface area contributed by atoms with E-state index in [-0.39, 0.29) is 6.04 Å². The number of rotatable bonds is 6. The van der Waals surface area contributed by atoms with Gasteiger partial charge in [-0.1, -0.05) is 35.9 Å². The number of anilines is 1. The van der Waals surface area contributed by atoms with Crippen molar-refractivity contribution in [2.75, 3.05) is 25.1 Å². The van der Waals surface area contributed by atoms with Crippen molar-refractivity contribution in [1.82, 2.24) is 13.7 Å². The van der Waals surface area contributed by atoms with Gasteiger partial charge in [-0.25, -0.2) is 14.4 Å². The highest BCUT2D eigenvalue weighted by molar-refractivity contribution is 6.31. The highest BCUT2D eigenvalue weighted by Gasteiger charge is 2.31. The topological polar surface area (TPSA) is 112 Å². The number of piperidine rings is 1. The van der Waals surface area contributed by atoms with Crippen LogP contribution in [0.4, 0.5) is 21.0 Å². The molecule has 1 fully saturated rings. The predicted molar refractivity (Wildman–Crippen MR) is 197 cm³/mol. The SMILES string of the molecule is CO[N+](=O)c1ccc(Cl)cc1N1CCC(n2c(=NC(=O)OC(C)(C)C)n(Cc3cccc4c3ccn4C(=O)OC(C)(C)C)c3ccccc32)CC1. The molecule has 1 aliphatic heterocycles. The van der Waals surface area contributed by atoms with Gasteiger partial charge in [0.1, 0.15) is 16.9 Å². The molecule has 6 rings (SSSR count). The zero-order valence-corrected chi connectivity index (χ0v) is 30.8. The van der Waals surface area contributed by atoms with E-state index in [9.17, 15) is 14.5 Å². The van der Waals surface area contributed by atoms with Gasteiger partial charge < -0.3 is 23.5 Å². The molecular formula is C38H44ClN6O6+. The molecule has 268 valence electrons. The molecule has 1 saturated heterocycles. The minimum Gasteiger partial charge on any atom is -0.443 e. The summed E-state index contributed by atoms with van der Waals surface area (Å²) in [5, 5.41) is 1.40. The van der Waals surface area contributed by atoms with Crippen LogP contribution in [-0.2, 0) is 20.9 Å². The third kappa shape index (κ3) is 7.65. The second-order valence-corrected chi connectivity index (χ2v) is 15.1. The maximum atomic E-state index is 13.4. The molecule has 0 aliphatic carbocycles. The van der Waals surface area contributed by atoms with Crippen molar-refractivity contribution in [2.24, 2.45) is 4.99 Å². The number of benzene rings is 3. The summed E-state index contributed by atoms with van der Waals surface area (Å²) in [5.41, 5.74) is 3.61. The van der Waals surface area contributed by atoms with Crippen molar-refractivity contribution in [3.63, 3.8) is 0 Å². The van der Waals surface area contributed by atoms with E-state index >= 15 is 0 Å². The molecule has 3 aromatic carbocycles. The lowest BCUT2D eigenvalue weighted by Gasteiger charge is -2.34. The Morgan fingerprint density at radius 1 is 0.882 bits per heavy atom. The van der Waals surface area contributed by atoms with Crippen molar-refractivity contribution in [3.8, 4) is 0 Å². The number of fused-ring (bicyclic) bond motifs is 2. The van der Waals surface area contributed by atoms with Crippen molar-refractivity contribution in [2.45, 2.75) is 78.2 Å². The molecule has 0 spiro atoms. The first-order chi connectivity index (χ1) is 24.1. The summed E-state index contributed by atoms with van der Waals surface area (Å²) in [6, 6.07) is 20.8. The number of ether oxygens (including phenoxy) is 2. The van der Waals surface area contributed by atoms with Gasteiger partial charge in [-0.2, -0.15) is 0 Å². The van der Waals surface area contributed by atoms with Crippen LogP contribution in [0.5, 0.6) is 0 Å². The van der Waals surface area contributed by atoms with E-state index < -0.39 is 23.4 Å². The molecule has 13 heteroatoms. The smallest absolute Gasteiger partial charge is 0.437 e. The minimum atomic E-state index is -0.740. The molecule has 0 bridgehead atoms. The van der Waals surface area contributed by atoms with Gasteiger partial charge in [-0.05, 0) is 96.3 Å². The summed E-state index contributed by atoms with van der Waals surface area (Å²) in [4.78, 5) is 51.2. The molecule has 3 heterocycles. The summed E-state index contributed by atoms with van der Waals surface area (Å²) in [7, 11) is 1.33. The van der Waals surface area contributed by atoms with Crippen LogP contribution in [-0.4, -0.2) is 62.2 Å². The number of amides is 1. The van der Waals surface area contributed by atoms with Crippen LogP contribution >= 0.6 is 11.6 Å². The van der Waals surface area contributed by atoms with E-state index in [1.54, 1.807) is 24.4 Å². The van der Waals surface area contributed by atoms with Gasteiger partial charge in [0.15, 0.2) is 7.11 Å². The second-order valence-electron chi connectivity index (χ2n) is 14.6. The number of carbonyl (C=O) groups is 2. The normalized spacial score (nSPS) is 14.7. The van der Waals surface area contributed by atoms with Crippen LogP contribution in [0.1, 0.15) is 66.0 Å². The lowest BCUT2D eigenvalue weighted by atomic mass is 10.0. The molecule has 0 unspecified atom stereocenters. The van der Waals surface area contributed by atoms with Crippen LogP contribution in [0.3, 0.4) is 0 Å². The Bertz CT molecular complexity index is 2190. The highest BCUT2D eigenvalue weighted by atomic mass is 35.5. The van der Waals surface area contributed by atoms with E-state index in [0.29, 0.717) is 59.4 Å². The number of hydrogen-bond acceptors (Lipinski definition) is 7. The van der Waals surface area contributed by atoms with Crippen molar-refractivity contribution < 1.29 is 28.8 Å². The lowest BCUT2D eigenvalue weighted by molar-refractivity contribution is -0.736. The number of hydrogen-bond donors (Lipinski definition) is 0. The van der Waals surface area contributed by atoms with Crippen LogP contribution in [0.25, 0.3) is 21.9 Å². The molecular weight excluding hydrogens is 672 g/mol. The van der Waals surface area contributed by atoms with Crippen molar-refractivity contribution in [3.05, 3.63) is 94.0 Å². The standard InChI is InChI=1S/C38H44ClN6O6/c1-37(2,3)50-35(46)40-34-43(24-25-11-10-14-29-28(25)19-22-42(29)36(47)51-38(4,5)6)30-12-8-9-13-31(30)44(34)27-17-20-41(21-18-27)33-23-26(39)15-16-32(33)45(48)49-7/h8-16,19,22-23,27H,17-18,20-21,24H2,1-7H3/q+1. The summed E-state index contributed by atoms with van der Waals surface area (Å²) < 4.78 is 17.1. The number of para-hydroxylation sites is 2. The monoisotopic (exact) mass is 715 g/mol. The summed E-state index contributed by atoms with van der Waals surface area (Å²) in [5.74, 6) is 0. The number of imidazole rings is 1. The fourth-order valence-electron chi connectivity index (χ4n) is 6.62. The summed E-state index contributed by atoms with van der Waals surface area (Å²) in [6.45, 7) is 12.5. The molecule has 0 atom stereocenters. The van der Waals surface area contributed by atoms with Gasteiger partial charge in [0.05, 0.1) is 28.0 Å². The Balaban J connectivity index is 1.43. The van der Waals surface area contributed by atoms with E-state index in [1.807, 2.05) is 94.6 Å². The van der Waals surface area contributed by atoms with Gasteiger partial charge in [0.2, 0.25) is 5.62 Å². The average molecular weight is 716 g/mol. The second kappa shape index (κ2) is 13.9. The molecule has 0 radical (unpaired) electrons. The lowest BCUT2D eigenvalue weighted by Crippen LogP contribution is -2.39. The zero-order valence-electron chi connectivity index (χ0n) is 30.1. The predicted octanol–water partition coefficient (Wildman–Crippen LogP) is 8.53. The van der Waals surface area contributed by atoms with Gasteiger partial charge in [0.25, 0.3) is 4.92 Å². The van der Waals surface area contributed by atoms with Crippen molar-refractivity contribution >= 4 is 57.1 Å². The van der Waals surface area contributed by atoms with Crippen LogP contribution < -0.4 is 10.5 Å². The average Bonchev–Trinajstić information content (AvgIpc) is 3.63. The largest absolute Gasteiger partial charge is 0.443 e. The van der Waals surface area contributed by atoms with Crippen LogP contribution in [0, 0.1) is 4.91 Å². The molecule has 5 aromatic rings. The van der Waals surface area contributed by atoms with Crippen molar-refractivity contribution in [1.29, 1.82) is 0 Å². The van der Waals surface area contributed by atoms with Gasteiger partial charge in [-0.15, -0.1) is 4.99 Å². The Kier molecular flexibility index (Phi) is 9.73. The molecule has 0 saturated carbocycles. The first kappa shape index (κ1) is 35.7. The molecule has 1 amide bonds. The third-order valence-electron chi connectivity index (χ3n) is 8.69. The number of aromatic nitrogens is 3. The number of halogens is 1. The Morgan fingerprint density at radius 3 is 2.22 bits per heavy atom. The summed E-state index contributed by atoms with van der Waals surface area (Å²) >= 11 is 6.36. The number of carbonyl (C=O) groups excluding carboxylic acids is 2. The fourth-order valence-corrected chi connectivity index (χ4v) is 6.78. The highest BCUT2D eigenvalue weighted by Crippen LogP contribution is 2.36. The molecule has 12 nitrogen and oxygen atoms in total. The van der Waals surface area contributed by atoms with Gasteiger partial charge in [0, 0.05) is 41.8 Å². The first-order valence-electron chi connectivity index (χ1n) is 17.0. The maximum Gasteiger partial charge on any atom is 0.437 e. The van der Waals surface area contributed by atoms with Gasteiger partial charge in [-0.3, -0.25) is 4.57 Å². The van der Waals surface area contributed by atoms with Crippen LogP contribution in [0.15, 0.2) is 77.9 Å². The molecule has 51 heavy (non-hydrogen) atoms. The van der Waals surface area contributed by atoms with E-state index in [1.165, 1.54) is 11.7 Å². The quantitative estimate of drug-likeness (QED) is 0.162. The molecule has 2 aromatic heterocycles. The fraction of sp³-hybridized carbons (Fsp3) is 0.395. The Morgan fingerprint density at radius 2 is 1.55 bits per heavy atom. The maximum absolute atomic E-state index is 13.4.